The van der Waals surface area contributed by atoms with Crippen LogP contribution in [0, 0.1) is 5.92 Å². The summed E-state index contributed by atoms with van der Waals surface area (Å²) in [6, 6.07) is 4.86. The fraction of sp³-hybridized carbons (Fsp3) is 0.615. The molecule has 2 unspecified atom stereocenters. The van der Waals surface area contributed by atoms with Crippen molar-refractivity contribution in [2.45, 2.75) is 43.5 Å². The highest BCUT2D eigenvalue weighted by molar-refractivity contribution is 7.98. The molecule has 0 spiro atoms. The minimum Gasteiger partial charge on any atom is -0.367 e. The van der Waals surface area contributed by atoms with Crippen LogP contribution in [0.15, 0.2) is 23.2 Å². The molecule has 1 N–H and O–H groups in total. The van der Waals surface area contributed by atoms with Crippen LogP contribution in [0.5, 0.6) is 0 Å². The van der Waals surface area contributed by atoms with Crippen LogP contribution in [0.4, 0.5) is 5.82 Å². The molecule has 2 atom stereocenters. The Labute approximate surface area is 102 Å². The van der Waals surface area contributed by atoms with Gasteiger partial charge in [-0.05, 0) is 43.6 Å². The molecule has 2 rings (SSSR count). The molecule has 1 aromatic rings. The van der Waals surface area contributed by atoms with Gasteiger partial charge < -0.3 is 5.32 Å². The Hall–Kier alpha value is -0.700. The Kier molecular flexibility index (Phi) is 4.10. The van der Waals surface area contributed by atoms with E-state index in [1.807, 2.05) is 6.20 Å². The average Bonchev–Trinajstić information content (AvgIpc) is 2.78. The number of hydrogen-bond acceptors (Lipinski definition) is 3. The molecule has 1 fully saturated rings. The minimum absolute atomic E-state index is 0.637. The predicted octanol–water partition coefficient (Wildman–Crippen LogP) is 3.79. The van der Waals surface area contributed by atoms with E-state index in [1.54, 1.807) is 11.8 Å². The van der Waals surface area contributed by atoms with E-state index in [0.717, 1.165) is 11.7 Å². The molecule has 0 aliphatic heterocycles. The smallest absolute Gasteiger partial charge is 0.126 e. The SMILES string of the molecule is CCC1CCC(Nc2ccc(SC)cn2)C1. The maximum atomic E-state index is 4.43. The third-order valence-corrected chi connectivity index (χ3v) is 4.16. The molecule has 1 aromatic heterocycles. The first kappa shape index (κ1) is 11.8. The zero-order valence-electron chi connectivity index (χ0n) is 10.1. The van der Waals surface area contributed by atoms with Gasteiger partial charge >= 0.3 is 0 Å². The molecule has 1 aliphatic rings. The normalized spacial score (nSPS) is 24.6. The predicted molar refractivity (Wildman–Crippen MR) is 71.1 cm³/mol. The fourth-order valence-electron chi connectivity index (χ4n) is 2.37. The van der Waals surface area contributed by atoms with Gasteiger partial charge in [-0.3, -0.25) is 0 Å². The summed E-state index contributed by atoms with van der Waals surface area (Å²) < 4.78 is 0. The first-order valence-corrected chi connectivity index (χ1v) is 7.31. The highest BCUT2D eigenvalue weighted by Crippen LogP contribution is 2.29. The van der Waals surface area contributed by atoms with E-state index in [-0.39, 0.29) is 0 Å². The zero-order chi connectivity index (χ0) is 11.4. The van der Waals surface area contributed by atoms with Crippen LogP contribution in [0.2, 0.25) is 0 Å². The van der Waals surface area contributed by atoms with E-state index >= 15 is 0 Å². The van der Waals surface area contributed by atoms with Crippen LogP contribution >= 0.6 is 11.8 Å². The Morgan fingerprint density at radius 3 is 2.88 bits per heavy atom. The molecule has 2 nitrogen and oxygen atoms in total. The third kappa shape index (κ3) is 2.91. The molecular formula is C13H20N2S. The number of nitrogens with one attached hydrogen (secondary N) is 1. The van der Waals surface area contributed by atoms with Crippen molar-refractivity contribution in [3.05, 3.63) is 18.3 Å². The number of hydrogen-bond donors (Lipinski definition) is 1. The molecule has 0 aromatic carbocycles. The number of anilines is 1. The molecule has 0 saturated heterocycles. The third-order valence-electron chi connectivity index (χ3n) is 3.44. The summed E-state index contributed by atoms with van der Waals surface area (Å²) in [4.78, 5) is 5.66. The Bertz CT molecular complexity index is 323. The van der Waals surface area contributed by atoms with Crippen molar-refractivity contribution < 1.29 is 0 Å². The zero-order valence-corrected chi connectivity index (χ0v) is 10.9. The van der Waals surface area contributed by atoms with Crippen molar-refractivity contribution in [3.8, 4) is 0 Å². The highest BCUT2D eigenvalue weighted by atomic mass is 32.2. The van der Waals surface area contributed by atoms with E-state index in [2.05, 4.69) is 35.6 Å². The standard InChI is InChI=1S/C13H20N2S/c1-3-10-4-5-11(8-10)15-13-7-6-12(16-2)9-14-13/h6-7,9-11H,3-5,8H2,1-2H3,(H,14,15). The molecule has 1 heterocycles. The van der Waals surface area contributed by atoms with E-state index in [9.17, 15) is 0 Å². The quantitative estimate of drug-likeness (QED) is 0.805. The molecule has 0 radical (unpaired) electrons. The lowest BCUT2D eigenvalue weighted by molar-refractivity contribution is 0.524. The summed E-state index contributed by atoms with van der Waals surface area (Å²) in [6.45, 7) is 2.29. The van der Waals surface area contributed by atoms with Crippen LogP contribution in [0.1, 0.15) is 32.6 Å². The first-order valence-electron chi connectivity index (χ1n) is 6.08. The second-order valence-corrected chi connectivity index (χ2v) is 5.39. The monoisotopic (exact) mass is 236 g/mol. The van der Waals surface area contributed by atoms with Gasteiger partial charge in [-0.25, -0.2) is 4.98 Å². The van der Waals surface area contributed by atoms with Gasteiger partial charge in [-0.15, -0.1) is 11.8 Å². The molecule has 16 heavy (non-hydrogen) atoms. The molecule has 1 saturated carbocycles. The van der Waals surface area contributed by atoms with Crippen LogP contribution in [0.25, 0.3) is 0 Å². The average molecular weight is 236 g/mol. The number of aromatic nitrogens is 1. The lowest BCUT2D eigenvalue weighted by atomic mass is 10.1. The highest BCUT2D eigenvalue weighted by Gasteiger charge is 2.23. The molecule has 88 valence electrons. The summed E-state index contributed by atoms with van der Waals surface area (Å²) in [6.07, 6.45) is 9.31. The van der Waals surface area contributed by atoms with Gasteiger partial charge in [0.05, 0.1) is 0 Å². The fourth-order valence-corrected chi connectivity index (χ4v) is 2.73. The van der Waals surface area contributed by atoms with Gasteiger partial charge in [0, 0.05) is 17.1 Å². The van der Waals surface area contributed by atoms with Crippen LogP contribution in [0.3, 0.4) is 0 Å². The maximum Gasteiger partial charge on any atom is 0.126 e. The molecular weight excluding hydrogens is 216 g/mol. The van der Waals surface area contributed by atoms with E-state index < -0.39 is 0 Å². The lowest BCUT2D eigenvalue weighted by Gasteiger charge is -2.13. The number of rotatable bonds is 4. The van der Waals surface area contributed by atoms with Crippen molar-refractivity contribution in [1.29, 1.82) is 0 Å². The van der Waals surface area contributed by atoms with Crippen LogP contribution < -0.4 is 5.32 Å². The van der Waals surface area contributed by atoms with Gasteiger partial charge in [0.15, 0.2) is 0 Å². The summed E-state index contributed by atoms with van der Waals surface area (Å²) in [5.41, 5.74) is 0. The van der Waals surface area contributed by atoms with E-state index in [0.29, 0.717) is 6.04 Å². The van der Waals surface area contributed by atoms with Crippen molar-refractivity contribution in [2.24, 2.45) is 5.92 Å². The Morgan fingerprint density at radius 2 is 2.31 bits per heavy atom. The van der Waals surface area contributed by atoms with Gasteiger partial charge in [0.25, 0.3) is 0 Å². The second-order valence-electron chi connectivity index (χ2n) is 4.51. The van der Waals surface area contributed by atoms with Crippen molar-refractivity contribution in [3.63, 3.8) is 0 Å². The van der Waals surface area contributed by atoms with Gasteiger partial charge in [0.1, 0.15) is 5.82 Å². The largest absolute Gasteiger partial charge is 0.367 e. The van der Waals surface area contributed by atoms with Gasteiger partial charge in [-0.2, -0.15) is 0 Å². The summed E-state index contributed by atoms with van der Waals surface area (Å²) in [7, 11) is 0. The summed E-state index contributed by atoms with van der Waals surface area (Å²) in [5.74, 6) is 1.95. The van der Waals surface area contributed by atoms with Gasteiger partial charge in [-0.1, -0.05) is 13.3 Å². The Morgan fingerprint density at radius 1 is 1.44 bits per heavy atom. The van der Waals surface area contributed by atoms with Crippen molar-refractivity contribution in [1.82, 2.24) is 4.98 Å². The van der Waals surface area contributed by atoms with E-state index in [4.69, 9.17) is 0 Å². The van der Waals surface area contributed by atoms with Crippen LogP contribution in [-0.2, 0) is 0 Å². The molecule has 0 amide bonds. The second kappa shape index (κ2) is 5.58. The molecule has 0 bridgehead atoms. The summed E-state index contributed by atoms with van der Waals surface area (Å²) in [5, 5.41) is 3.54. The van der Waals surface area contributed by atoms with Crippen LogP contribution in [-0.4, -0.2) is 17.3 Å². The number of thioether (sulfide) groups is 1. The summed E-state index contributed by atoms with van der Waals surface area (Å²) >= 11 is 1.73. The lowest BCUT2D eigenvalue weighted by Crippen LogP contribution is -2.16. The maximum absolute atomic E-state index is 4.43. The number of nitrogens with zero attached hydrogens (tertiary/aromatic N) is 1. The molecule has 1 aliphatic carbocycles. The minimum atomic E-state index is 0.637. The number of pyridine rings is 1. The van der Waals surface area contributed by atoms with Crippen molar-refractivity contribution in [2.75, 3.05) is 11.6 Å². The molecule has 3 heteroatoms. The van der Waals surface area contributed by atoms with Gasteiger partial charge in [0.2, 0.25) is 0 Å². The topological polar surface area (TPSA) is 24.9 Å². The Balaban J connectivity index is 1.89. The van der Waals surface area contributed by atoms with E-state index in [1.165, 1.54) is 30.6 Å². The first-order chi connectivity index (χ1) is 7.81. The van der Waals surface area contributed by atoms with Crippen molar-refractivity contribution >= 4 is 17.6 Å².